The molecule has 0 atom stereocenters. The molecule has 5 heterocycles. The average Bonchev–Trinajstić information content (AvgIpc) is 3.32. The third-order valence-electron chi connectivity index (χ3n) is 4.38. The van der Waals surface area contributed by atoms with Gasteiger partial charge in [0.15, 0.2) is 17.2 Å². The largest absolute Gasteiger partial charge is 0.452 e. The van der Waals surface area contributed by atoms with Gasteiger partial charge in [-0.15, -0.1) is 11.3 Å². The van der Waals surface area contributed by atoms with Gasteiger partial charge in [-0.1, -0.05) is 0 Å². The van der Waals surface area contributed by atoms with Crippen LogP contribution in [0, 0.1) is 0 Å². The van der Waals surface area contributed by atoms with E-state index in [0.29, 0.717) is 17.2 Å². The number of anilines is 2. The molecule has 0 aliphatic rings. The maximum atomic E-state index is 6.09. The topological polar surface area (TPSA) is 109 Å². The lowest BCUT2D eigenvalue weighted by atomic mass is 10.1. The first-order valence-corrected chi connectivity index (χ1v) is 8.79. The predicted molar refractivity (Wildman–Crippen MR) is 104 cm³/mol. The summed E-state index contributed by atoms with van der Waals surface area (Å²) in [5, 5.41) is 8.23. The van der Waals surface area contributed by atoms with E-state index in [4.69, 9.17) is 15.9 Å². The van der Waals surface area contributed by atoms with Crippen LogP contribution in [0.4, 0.5) is 11.6 Å². The minimum Gasteiger partial charge on any atom is -0.452 e. The Balaban J connectivity index is 1.78. The summed E-state index contributed by atoms with van der Waals surface area (Å²) in [6.07, 6.45) is 7.20. The maximum absolute atomic E-state index is 6.09. The first kappa shape index (κ1) is 14.9. The van der Waals surface area contributed by atoms with E-state index >= 15 is 0 Å². The van der Waals surface area contributed by atoms with E-state index < -0.39 is 0 Å². The molecule has 128 valence electrons. The van der Waals surface area contributed by atoms with E-state index in [1.54, 1.807) is 28.4 Å². The number of furan rings is 1. The molecule has 0 unspecified atom stereocenters. The molecule has 0 fully saturated rings. The van der Waals surface area contributed by atoms with Gasteiger partial charge in [-0.05, 0) is 12.1 Å². The minimum absolute atomic E-state index is 0.346. The second-order valence-corrected chi connectivity index (χ2v) is 6.94. The van der Waals surface area contributed by atoms with E-state index in [1.807, 2.05) is 31.6 Å². The summed E-state index contributed by atoms with van der Waals surface area (Å²) in [6.45, 7) is 0. The van der Waals surface area contributed by atoms with E-state index in [0.717, 1.165) is 37.9 Å². The van der Waals surface area contributed by atoms with Crippen molar-refractivity contribution in [3.05, 3.63) is 42.3 Å². The summed E-state index contributed by atoms with van der Waals surface area (Å²) in [5.41, 5.74) is 15.3. The van der Waals surface area contributed by atoms with Gasteiger partial charge in [0, 0.05) is 64.7 Å². The molecule has 0 saturated carbocycles. The van der Waals surface area contributed by atoms with Crippen LogP contribution >= 0.6 is 11.3 Å². The second kappa shape index (κ2) is 5.30. The van der Waals surface area contributed by atoms with Gasteiger partial charge in [0.25, 0.3) is 0 Å². The SMILES string of the molecule is Cn1cc(-c2cnc(N)c3oc(-c4csc5cnccc45)cc23)c(N)n1. The quantitative estimate of drug-likeness (QED) is 0.496. The van der Waals surface area contributed by atoms with Crippen LogP contribution in [-0.4, -0.2) is 19.7 Å². The zero-order valence-corrected chi connectivity index (χ0v) is 14.6. The van der Waals surface area contributed by atoms with Gasteiger partial charge < -0.3 is 15.9 Å². The molecule has 0 bridgehead atoms. The second-order valence-electron chi connectivity index (χ2n) is 6.03. The number of hydrogen-bond acceptors (Lipinski definition) is 7. The smallest absolute Gasteiger partial charge is 0.177 e. The Kier molecular flexibility index (Phi) is 3.04. The van der Waals surface area contributed by atoms with Crippen LogP contribution in [-0.2, 0) is 7.05 Å². The van der Waals surface area contributed by atoms with Crippen LogP contribution in [0.5, 0.6) is 0 Å². The molecular formula is C18H14N6OS. The van der Waals surface area contributed by atoms with Crippen molar-refractivity contribution in [1.29, 1.82) is 0 Å². The van der Waals surface area contributed by atoms with Crippen molar-refractivity contribution in [3.63, 3.8) is 0 Å². The Labute approximate surface area is 151 Å². The molecule has 5 aromatic heterocycles. The fourth-order valence-corrected chi connectivity index (χ4v) is 4.09. The van der Waals surface area contributed by atoms with Gasteiger partial charge in [0.1, 0.15) is 5.76 Å². The van der Waals surface area contributed by atoms with Crippen molar-refractivity contribution in [2.75, 3.05) is 11.5 Å². The minimum atomic E-state index is 0.346. The highest BCUT2D eigenvalue weighted by atomic mass is 32.1. The van der Waals surface area contributed by atoms with Crippen LogP contribution in [0.2, 0.25) is 0 Å². The van der Waals surface area contributed by atoms with E-state index in [1.165, 1.54) is 0 Å². The summed E-state index contributed by atoms with van der Waals surface area (Å²) < 4.78 is 8.87. The van der Waals surface area contributed by atoms with Crippen molar-refractivity contribution in [1.82, 2.24) is 19.7 Å². The normalized spacial score (nSPS) is 11.6. The van der Waals surface area contributed by atoms with E-state index in [2.05, 4.69) is 20.4 Å². The number of aromatic nitrogens is 4. The number of aryl methyl sites for hydroxylation is 1. The molecule has 4 N–H and O–H groups in total. The number of nitrogen functional groups attached to an aromatic ring is 2. The number of thiophene rings is 1. The molecular weight excluding hydrogens is 348 g/mol. The van der Waals surface area contributed by atoms with Crippen LogP contribution in [0.3, 0.4) is 0 Å². The average molecular weight is 362 g/mol. The fourth-order valence-electron chi connectivity index (χ4n) is 3.18. The number of fused-ring (bicyclic) bond motifs is 2. The highest BCUT2D eigenvalue weighted by Gasteiger charge is 2.19. The zero-order valence-electron chi connectivity index (χ0n) is 13.8. The van der Waals surface area contributed by atoms with Crippen LogP contribution in [0.15, 0.2) is 46.7 Å². The number of pyridine rings is 2. The first-order valence-electron chi connectivity index (χ1n) is 7.91. The number of nitrogens with two attached hydrogens (primary N) is 2. The Morgan fingerprint density at radius 3 is 2.77 bits per heavy atom. The lowest BCUT2D eigenvalue weighted by molar-refractivity contribution is 0.632. The van der Waals surface area contributed by atoms with Gasteiger partial charge in [0.2, 0.25) is 0 Å². The molecule has 0 amide bonds. The Bertz CT molecular complexity index is 1280. The molecule has 0 aromatic carbocycles. The molecule has 0 spiro atoms. The molecule has 5 rings (SSSR count). The lowest BCUT2D eigenvalue weighted by Crippen LogP contribution is -1.93. The molecule has 0 saturated heterocycles. The van der Waals surface area contributed by atoms with Gasteiger partial charge in [-0.25, -0.2) is 4.98 Å². The van der Waals surface area contributed by atoms with Crippen molar-refractivity contribution < 1.29 is 4.42 Å². The highest BCUT2D eigenvalue weighted by molar-refractivity contribution is 7.17. The van der Waals surface area contributed by atoms with E-state index in [9.17, 15) is 0 Å². The Hall–Kier alpha value is -3.39. The van der Waals surface area contributed by atoms with Gasteiger partial charge in [0.05, 0.1) is 4.70 Å². The van der Waals surface area contributed by atoms with Crippen LogP contribution < -0.4 is 11.5 Å². The molecule has 0 aliphatic carbocycles. The highest BCUT2D eigenvalue weighted by Crippen LogP contribution is 2.40. The number of hydrogen-bond donors (Lipinski definition) is 2. The summed E-state index contributed by atoms with van der Waals surface area (Å²) in [4.78, 5) is 8.44. The molecule has 7 nitrogen and oxygen atoms in total. The Morgan fingerprint density at radius 2 is 1.96 bits per heavy atom. The lowest BCUT2D eigenvalue weighted by Gasteiger charge is -2.01. The summed E-state index contributed by atoms with van der Waals surface area (Å²) in [5.74, 6) is 1.52. The monoisotopic (exact) mass is 362 g/mol. The van der Waals surface area contributed by atoms with Gasteiger partial charge in [-0.2, -0.15) is 5.10 Å². The molecule has 26 heavy (non-hydrogen) atoms. The summed E-state index contributed by atoms with van der Waals surface area (Å²) in [6, 6.07) is 3.97. The van der Waals surface area contributed by atoms with Gasteiger partial charge >= 0.3 is 0 Å². The van der Waals surface area contributed by atoms with Crippen molar-refractivity contribution >= 4 is 44.0 Å². The number of nitrogens with zero attached hydrogens (tertiary/aromatic N) is 4. The van der Waals surface area contributed by atoms with Crippen molar-refractivity contribution in [2.24, 2.45) is 7.05 Å². The zero-order chi connectivity index (χ0) is 17.8. The first-order chi connectivity index (χ1) is 12.6. The Morgan fingerprint density at radius 1 is 1.08 bits per heavy atom. The standard InChI is InChI=1S/C18H14N6OS/c1-24-7-12(17(19)23-24)11-5-22-18(20)16-10(11)4-14(25-16)13-8-26-15-6-21-3-2-9(13)15/h2-8H,1H3,(H2,19,23)(H2,20,22). The fraction of sp³-hybridized carbons (Fsp3) is 0.0556. The van der Waals surface area contributed by atoms with Crippen LogP contribution in [0.25, 0.3) is 43.5 Å². The molecule has 5 aromatic rings. The van der Waals surface area contributed by atoms with Crippen LogP contribution in [0.1, 0.15) is 0 Å². The van der Waals surface area contributed by atoms with E-state index in [-0.39, 0.29) is 0 Å². The molecule has 0 radical (unpaired) electrons. The van der Waals surface area contributed by atoms with Crippen molar-refractivity contribution in [3.8, 4) is 22.5 Å². The van der Waals surface area contributed by atoms with Gasteiger partial charge in [-0.3, -0.25) is 9.67 Å². The molecule has 0 aliphatic heterocycles. The third kappa shape index (κ3) is 2.09. The molecule has 8 heteroatoms. The summed E-state index contributed by atoms with van der Waals surface area (Å²) in [7, 11) is 1.83. The predicted octanol–water partition coefficient (Wildman–Crippen LogP) is 3.67. The maximum Gasteiger partial charge on any atom is 0.177 e. The van der Waals surface area contributed by atoms with Crippen molar-refractivity contribution in [2.45, 2.75) is 0 Å². The third-order valence-corrected chi connectivity index (χ3v) is 5.31. The number of rotatable bonds is 2. The summed E-state index contributed by atoms with van der Waals surface area (Å²) >= 11 is 1.63.